The van der Waals surface area contributed by atoms with Crippen molar-refractivity contribution in [3.05, 3.63) is 58.6 Å². The highest BCUT2D eigenvalue weighted by molar-refractivity contribution is 7.71. The molecule has 3 nitrogen and oxygen atoms in total. The van der Waals surface area contributed by atoms with Crippen molar-refractivity contribution in [1.29, 1.82) is 0 Å². The topological polar surface area (TPSA) is 29.9 Å². The third-order valence-electron chi connectivity index (χ3n) is 3.52. The van der Waals surface area contributed by atoms with E-state index in [0.29, 0.717) is 16.8 Å². The van der Waals surface area contributed by atoms with Crippen molar-refractivity contribution in [3.8, 4) is 5.75 Å². The van der Waals surface area contributed by atoms with Crippen molar-refractivity contribution in [2.75, 3.05) is 7.11 Å². The average Bonchev–Trinajstić information content (AvgIpc) is 2.83. The van der Waals surface area contributed by atoms with Gasteiger partial charge < -0.3 is 14.3 Å². The summed E-state index contributed by atoms with van der Waals surface area (Å²) in [5.74, 6) is 0.555. The lowest BCUT2D eigenvalue weighted by Gasteiger charge is -2.06. The Labute approximate surface area is 127 Å². The van der Waals surface area contributed by atoms with Crippen LogP contribution in [0.25, 0.3) is 11.0 Å². The number of aromatic amines is 1. The van der Waals surface area contributed by atoms with E-state index >= 15 is 0 Å². The second kappa shape index (κ2) is 5.69. The molecule has 0 saturated heterocycles. The van der Waals surface area contributed by atoms with Crippen LogP contribution in [0.4, 0.5) is 4.39 Å². The summed E-state index contributed by atoms with van der Waals surface area (Å²) >= 11 is 5.29. The molecule has 0 aliphatic rings. The number of hydrogen-bond acceptors (Lipinski definition) is 2. The number of halogens is 1. The van der Waals surface area contributed by atoms with Crippen molar-refractivity contribution < 1.29 is 9.13 Å². The van der Waals surface area contributed by atoms with E-state index in [1.807, 2.05) is 34.9 Å². The van der Waals surface area contributed by atoms with Crippen LogP contribution in [-0.2, 0) is 13.0 Å². The molecule has 0 aliphatic heterocycles. The SMILES string of the molecule is COc1cccc(CCn2c(=S)[nH]c3c(F)cccc32)c1. The number of H-pyrrole nitrogens is 1. The van der Waals surface area contributed by atoms with E-state index in [2.05, 4.69) is 4.98 Å². The van der Waals surface area contributed by atoms with Crippen molar-refractivity contribution in [2.24, 2.45) is 0 Å². The van der Waals surface area contributed by atoms with Crippen LogP contribution in [0.5, 0.6) is 5.75 Å². The highest BCUT2D eigenvalue weighted by atomic mass is 32.1. The number of methoxy groups -OCH3 is 1. The van der Waals surface area contributed by atoms with Gasteiger partial charge in [-0.05, 0) is 48.5 Å². The van der Waals surface area contributed by atoms with Gasteiger partial charge in [0.2, 0.25) is 0 Å². The largest absolute Gasteiger partial charge is 0.497 e. The zero-order chi connectivity index (χ0) is 14.8. The maximum atomic E-state index is 13.7. The molecule has 3 aromatic rings. The van der Waals surface area contributed by atoms with Gasteiger partial charge in [0.15, 0.2) is 4.77 Å². The molecule has 0 amide bonds. The minimum absolute atomic E-state index is 0.279. The number of fused-ring (bicyclic) bond motifs is 1. The Morgan fingerprint density at radius 2 is 2.05 bits per heavy atom. The number of imidazole rings is 1. The molecule has 21 heavy (non-hydrogen) atoms. The fourth-order valence-electron chi connectivity index (χ4n) is 2.44. The average molecular weight is 302 g/mol. The van der Waals surface area contributed by atoms with Crippen LogP contribution < -0.4 is 4.74 Å². The molecule has 1 aromatic heterocycles. The summed E-state index contributed by atoms with van der Waals surface area (Å²) in [5.41, 5.74) is 2.41. The van der Waals surface area contributed by atoms with Crippen molar-refractivity contribution in [2.45, 2.75) is 13.0 Å². The third-order valence-corrected chi connectivity index (χ3v) is 3.84. The smallest absolute Gasteiger partial charge is 0.178 e. The van der Waals surface area contributed by atoms with Gasteiger partial charge in [0, 0.05) is 6.54 Å². The fraction of sp³-hybridized carbons (Fsp3) is 0.188. The van der Waals surface area contributed by atoms with E-state index < -0.39 is 0 Å². The number of para-hydroxylation sites is 1. The third kappa shape index (κ3) is 2.69. The molecule has 0 spiro atoms. The Hall–Kier alpha value is -2.14. The first kappa shape index (κ1) is 13.8. The Morgan fingerprint density at radius 1 is 1.24 bits per heavy atom. The molecule has 0 unspecified atom stereocenters. The summed E-state index contributed by atoms with van der Waals surface area (Å²) in [7, 11) is 1.65. The summed E-state index contributed by atoms with van der Waals surface area (Å²) in [4.78, 5) is 2.93. The molecule has 1 heterocycles. The fourth-order valence-corrected chi connectivity index (χ4v) is 2.73. The minimum atomic E-state index is -0.279. The molecular weight excluding hydrogens is 287 g/mol. The van der Waals surface area contributed by atoms with E-state index in [4.69, 9.17) is 17.0 Å². The van der Waals surface area contributed by atoms with Crippen LogP contribution in [0, 0.1) is 10.6 Å². The molecular formula is C16H15FN2OS. The minimum Gasteiger partial charge on any atom is -0.497 e. The van der Waals surface area contributed by atoms with Crippen LogP contribution in [0.1, 0.15) is 5.56 Å². The lowest BCUT2D eigenvalue weighted by atomic mass is 10.1. The lowest BCUT2D eigenvalue weighted by Crippen LogP contribution is -2.01. The van der Waals surface area contributed by atoms with Crippen LogP contribution in [-0.4, -0.2) is 16.7 Å². The van der Waals surface area contributed by atoms with Gasteiger partial charge in [-0.3, -0.25) is 0 Å². The van der Waals surface area contributed by atoms with Crippen LogP contribution >= 0.6 is 12.2 Å². The Kier molecular flexibility index (Phi) is 3.75. The molecule has 0 atom stereocenters. The molecule has 0 aliphatic carbocycles. The number of ether oxygens (including phenoxy) is 1. The maximum absolute atomic E-state index is 13.7. The summed E-state index contributed by atoms with van der Waals surface area (Å²) in [6, 6.07) is 12.9. The maximum Gasteiger partial charge on any atom is 0.178 e. The Morgan fingerprint density at radius 3 is 2.86 bits per heavy atom. The molecule has 0 saturated carbocycles. The van der Waals surface area contributed by atoms with E-state index in [1.54, 1.807) is 13.2 Å². The molecule has 2 aromatic carbocycles. The monoisotopic (exact) mass is 302 g/mol. The van der Waals surface area contributed by atoms with Gasteiger partial charge in [0.1, 0.15) is 17.1 Å². The summed E-state index contributed by atoms with van der Waals surface area (Å²) in [5, 5.41) is 0. The molecule has 108 valence electrons. The second-order valence-corrected chi connectivity index (χ2v) is 5.20. The van der Waals surface area contributed by atoms with Gasteiger partial charge in [-0.15, -0.1) is 0 Å². The number of hydrogen-bond donors (Lipinski definition) is 1. The normalized spacial score (nSPS) is 11.0. The van der Waals surface area contributed by atoms with Crippen LogP contribution in [0.2, 0.25) is 0 Å². The van der Waals surface area contributed by atoms with Crippen LogP contribution in [0.15, 0.2) is 42.5 Å². The molecule has 0 radical (unpaired) electrons. The zero-order valence-corrected chi connectivity index (χ0v) is 12.4. The van der Waals surface area contributed by atoms with Crippen LogP contribution in [0.3, 0.4) is 0 Å². The van der Waals surface area contributed by atoms with Gasteiger partial charge in [-0.1, -0.05) is 18.2 Å². The molecule has 0 fully saturated rings. The van der Waals surface area contributed by atoms with Gasteiger partial charge in [-0.2, -0.15) is 0 Å². The Bertz CT molecular complexity index is 838. The van der Waals surface area contributed by atoms with Crippen molar-refractivity contribution >= 4 is 23.3 Å². The van der Waals surface area contributed by atoms with E-state index in [9.17, 15) is 4.39 Å². The second-order valence-electron chi connectivity index (χ2n) is 4.82. The lowest BCUT2D eigenvalue weighted by molar-refractivity contribution is 0.414. The van der Waals surface area contributed by atoms with Crippen molar-refractivity contribution in [1.82, 2.24) is 9.55 Å². The number of benzene rings is 2. The van der Waals surface area contributed by atoms with E-state index in [1.165, 1.54) is 6.07 Å². The number of aryl methyl sites for hydroxylation is 2. The van der Waals surface area contributed by atoms with E-state index in [-0.39, 0.29) is 5.82 Å². The molecule has 3 rings (SSSR count). The van der Waals surface area contributed by atoms with Gasteiger partial charge >= 0.3 is 0 Å². The number of nitrogens with zero attached hydrogens (tertiary/aromatic N) is 1. The van der Waals surface area contributed by atoms with E-state index in [0.717, 1.165) is 23.3 Å². The first-order chi connectivity index (χ1) is 10.2. The standard InChI is InChI=1S/C16H15FN2OS/c1-20-12-5-2-4-11(10-12)8-9-19-14-7-3-6-13(17)15(14)18-16(19)21/h2-7,10H,8-9H2,1H3,(H,18,21). The van der Waals surface area contributed by atoms with Gasteiger partial charge in [0.05, 0.1) is 12.6 Å². The quantitative estimate of drug-likeness (QED) is 0.736. The first-order valence-electron chi connectivity index (χ1n) is 6.69. The van der Waals surface area contributed by atoms with Gasteiger partial charge in [0.25, 0.3) is 0 Å². The summed E-state index contributed by atoms with van der Waals surface area (Å²) in [6.45, 7) is 0.690. The predicted octanol–water partition coefficient (Wildman–Crippen LogP) is 4.09. The number of nitrogens with one attached hydrogen (secondary N) is 1. The van der Waals surface area contributed by atoms with Gasteiger partial charge in [-0.25, -0.2) is 4.39 Å². The number of aromatic nitrogens is 2. The highest BCUT2D eigenvalue weighted by Crippen LogP contribution is 2.19. The summed E-state index contributed by atoms with van der Waals surface area (Å²) in [6.07, 6.45) is 0.801. The molecule has 5 heteroatoms. The molecule has 0 bridgehead atoms. The zero-order valence-electron chi connectivity index (χ0n) is 11.6. The first-order valence-corrected chi connectivity index (χ1v) is 7.10. The molecule has 1 N–H and O–H groups in total. The van der Waals surface area contributed by atoms with Crippen molar-refractivity contribution in [3.63, 3.8) is 0 Å². The predicted molar refractivity (Wildman–Crippen MR) is 83.8 cm³/mol. The number of rotatable bonds is 4. The highest BCUT2D eigenvalue weighted by Gasteiger charge is 2.08. The summed E-state index contributed by atoms with van der Waals surface area (Å²) < 4.78 is 21.4. The Balaban J connectivity index is 1.90.